The Balaban J connectivity index is 1.44. The molecule has 10 nitrogen and oxygen atoms in total. The molecular formula is C24H34N4O6. The van der Waals surface area contributed by atoms with E-state index in [1.807, 2.05) is 13.8 Å². The molecular weight excluding hydrogens is 440 g/mol. The lowest BCUT2D eigenvalue weighted by atomic mass is 9.93. The van der Waals surface area contributed by atoms with Gasteiger partial charge in [0.25, 0.3) is 0 Å². The van der Waals surface area contributed by atoms with Crippen molar-refractivity contribution in [3.8, 4) is 17.2 Å². The summed E-state index contributed by atoms with van der Waals surface area (Å²) in [5, 5.41) is 9.82. The van der Waals surface area contributed by atoms with E-state index in [4.69, 9.17) is 18.7 Å². The number of benzene rings is 1. The number of methoxy groups -OCH3 is 3. The van der Waals surface area contributed by atoms with Gasteiger partial charge in [0.15, 0.2) is 11.5 Å². The van der Waals surface area contributed by atoms with Crippen molar-refractivity contribution in [2.45, 2.75) is 39.5 Å². The number of hydrogen-bond acceptors (Lipinski definition) is 7. The van der Waals surface area contributed by atoms with Crippen LogP contribution in [0.2, 0.25) is 0 Å². The van der Waals surface area contributed by atoms with E-state index in [1.54, 1.807) is 17.0 Å². The zero-order valence-electron chi connectivity index (χ0n) is 20.5. The Bertz CT molecular complexity index is 953. The molecule has 2 heterocycles. The Morgan fingerprint density at radius 1 is 1.09 bits per heavy atom. The molecule has 3 amide bonds. The van der Waals surface area contributed by atoms with Crippen molar-refractivity contribution < 1.29 is 28.3 Å². The van der Waals surface area contributed by atoms with Gasteiger partial charge in [-0.05, 0) is 39.0 Å². The average molecular weight is 475 g/mol. The Morgan fingerprint density at radius 3 is 2.26 bits per heavy atom. The van der Waals surface area contributed by atoms with Gasteiger partial charge in [-0.1, -0.05) is 5.16 Å². The third kappa shape index (κ3) is 6.12. The molecule has 34 heavy (non-hydrogen) atoms. The highest BCUT2D eigenvalue weighted by Crippen LogP contribution is 2.40. The number of urea groups is 1. The van der Waals surface area contributed by atoms with Crippen LogP contribution in [0.15, 0.2) is 16.7 Å². The number of carbonyl (C=O) groups excluding carboxylic acids is 2. The fraction of sp³-hybridized carbons (Fsp3) is 0.542. The molecule has 3 rings (SSSR count). The summed E-state index contributed by atoms with van der Waals surface area (Å²) in [7, 11) is 4.59. The molecule has 0 saturated carbocycles. The number of aryl methyl sites for hydroxylation is 2. The van der Waals surface area contributed by atoms with Crippen LogP contribution in [0.25, 0.3) is 0 Å². The van der Waals surface area contributed by atoms with Gasteiger partial charge in [-0.2, -0.15) is 0 Å². The van der Waals surface area contributed by atoms with Gasteiger partial charge in [0.1, 0.15) is 5.76 Å². The number of carbonyl (C=O) groups is 2. The molecule has 0 spiro atoms. The second kappa shape index (κ2) is 11.6. The first-order valence-electron chi connectivity index (χ1n) is 11.4. The Labute approximate surface area is 199 Å². The zero-order chi connectivity index (χ0) is 24.7. The lowest BCUT2D eigenvalue weighted by molar-refractivity contribution is -0.122. The highest BCUT2D eigenvalue weighted by Gasteiger charge is 2.25. The maximum Gasteiger partial charge on any atom is 0.321 e. The maximum absolute atomic E-state index is 12.8. The summed E-state index contributed by atoms with van der Waals surface area (Å²) in [6.07, 6.45) is 2.72. The normalized spacial score (nSPS) is 14.0. The second-order valence-electron chi connectivity index (χ2n) is 8.38. The van der Waals surface area contributed by atoms with Gasteiger partial charge in [-0.3, -0.25) is 4.79 Å². The average Bonchev–Trinajstić information content (AvgIpc) is 3.15. The molecule has 1 fully saturated rings. The summed E-state index contributed by atoms with van der Waals surface area (Å²) in [6.45, 7) is 5.51. The number of nitrogens with zero attached hydrogens (tertiary/aromatic N) is 2. The maximum atomic E-state index is 12.8. The number of anilines is 1. The molecule has 0 aliphatic carbocycles. The van der Waals surface area contributed by atoms with E-state index in [-0.39, 0.29) is 17.9 Å². The van der Waals surface area contributed by atoms with Crippen LogP contribution in [0.1, 0.15) is 36.3 Å². The molecule has 186 valence electrons. The lowest BCUT2D eigenvalue weighted by Crippen LogP contribution is -2.42. The third-order valence-corrected chi connectivity index (χ3v) is 6.17. The lowest BCUT2D eigenvalue weighted by Gasteiger charge is -2.31. The highest BCUT2D eigenvalue weighted by molar-refractivity contribution is 5.90. The smallest absolute Gasteiger partial charge is 0.321 e. The molecule has 0 unspecified atom stereocenters. The minimum absolute atomic E-state index is 0.0343. The Hall–Kier alpha value is -3.43. The van der Waals surface area contributed by atoms with E-state index in [2.05, 4.69) is 15.8 Å². The molecule has 1 aromatic carbocycles. The molecule has 0 radical (unpaired) electrons. The molecule has 2 N–H and O–H groups in total. The number of aromatic nitrogens is 1. The fourth-order valence-electron chi connectivity index (χ4n) is 4.22. The van der Waals surface area contributed by atoms with Crippen molar-refractivity contribution in [1.82, 2.24) is 15.4 Å². The first-order valence-corrected chi connectivity index (χ1v) is 11.4. The molecule has 1 saturated heterocycles. The van der Waals surface area contributed by atoms with Crippen LogP contribution in [0.3, 0.4) is 0 Å². The number of nitrogens with one attached hydrogen (secondary N) is 2. The van der Waals surface area contributed by atoms with Crippen LogP contribution in [0.5, 0.6) is 17.2 Å². The summed E-state index contributed by atoms with van der Waals surface area (Å²) in [4.78, 5) is 26.9. The summed E-state index contributed by atoms with van der Waals surface area (Å²) >= 11 is 0. The molecule has 0 atom stereocenters. The van der Waals surface area contributed by atoms with E-state index in [0.29, 0.717) is 55.4 Å². The second-order valence-corrected chi connectivity index (χ2v) is 8.38. The fourth-order valence-corrected chi connectivity index (χ4v) is 4.22. The van der Waals surface area contributed by atoms with E-state index in [0.717, 1.165) is 29.9 Å². The van der Waals surface area contributed by atoms with Crippen molar-refractivity contribution in [2.24, 2.45) is 5.92 Å². The van der Waals surface area contributed by atoms with Crippen molar-refractivity contribution in [3.05, 3.63) is 29.2 Å². The van der Waals surface area contributed by atoms with E-state index >= 15 is 0 Å². The number of ether oxygens (including phenoxy) is 3. The number of likely N-dealkylation sites (tertiary alicyclic amines) is 1. The number of piperidine rings is 1. The van der Waals surface area contributed by atoms with Crippen LogP contribution in [0.4, 0.5) is 10.5 Å². The van der Waals surface area contributed by atoms with Crippen molar-refractivity contribution in [2.75, 3.05) is 46.3 Å². The highest BCUT2D eigenvalue weighted by atomic mass is 16.5. The Kier molecular flexibility index (Phi) is 8.61. The third-order valence-electron chi connectivity index (χ3n) is 6.17. The minimum atomic E-state index is -0.198. The van der Waals surface area contributed by atoms with Gasteiger partial charge in [-0.15, -0.1) is 0 Å². The van der Waals surface area contributed by atoms with Crippen LogP contribution < -0.4 is 24.8 Å². The van der Waals surface area contributed by atoms with Crippen LogP contribution in [0, 0.1) is 19.8 Å². The van der Waals surface area contributed by atoms with Gasteiger partial charge >= 0.3 is 6.03 Å². The Morgan fingerprint density at radius 2 is 1.74 bits per heavy atom. The standard InChI is InChI=1S/C24H34N4O6/c1-15-19(16(2)34-27-15)6-9-25-22(29)12-17-7-10-28(11-8-17)24(30)26-18-13-20(31-3)23(33-5)21(14-18)32-4/h13-14,17H,6-12H2,1-5H3,(H,25,29)(H,26,30). The molecule has 10 heteroatoms. The van der Waals surface area contributed by atoms with E-state index in [1.165, 1.54) is 21.3 Å². The minimum Gasteiger partial charge on any atom is -0.493 e. The summed E-state index contributed by atoms with van der Waals surface area (Å²) in [5.41, 5.74) is 2.47. The molecule has 2 aromatic rings. The van der Waals surface area contributed by atoms with Gasteiger partial charge in [0.2, 0.25) is 11.7 Å². The monoisotopic (exact) mass is 474 g/mol. The molecule has 0 bridgehead atoms. The summed E-state index contributed by atoms with van der Waals surface area (Å²) in [6, 6.07) is 3.19. The topological polar surface area (TPSA) is 115 Å². The van der Waals surface area contributed by atoms with Crippen LogP contribution in [-0.2, 0) is 11.2 Å². The summed E-state index contributed by atoms with van der Waals surface area (Å²) in [5.74, 6) is 2.49. The predicted octanol–water partition coefficient (Wildman–Crippen LogP) is 3.31. The summed E-state index contributed by atoms with van der Waals surface area (Å²) < 4.78 is 21.2. The van der Waals surface area contributed by atoms with Gasteiger partial charge < -0.3 is 34.3 Å². The number of amides is 3. The van der Waals surface area contributed by atoms with Crippen LogP contribution in [-0.4, -0.2) is 63.0 Å². The quantitative estimate of drug-likeness (QED) is 0.573. The first kappa shape index (κ1) is 25.2. The SMILES string of the molecule is COc1cc(NC(=O)N2CCC(CC(=O)NCCc3c(C)noc3C)CC2)cc(OC)c1OC. The van der Waals surface area contributed by atoms with Gasteiger partial charge in [0, 0.05) is 43.8 Å². The van der Waals surface area contributed by atoms with Gasteiger partial charge in [-0.25, -0.2) is 4.79 Å². The zero-order valence-corrected chi connectivity index (χ0v) is 20.5. The molecule has 1 aliphatic heterocycles. The van der Waals surface area contributed by atoms with E-state index in [9.17, 15) is 9.59 Å². The number of rotatable bonds is 9. The largest absolute Gasteiger partial charge is 0.493 e. The predicted molar refractivity (Wildman–Crippen MR) is 127 cm³/mol. The number of hydrogen-bond donors (Lipinski definition) is 2. The van der Waals surface area contributed by atoms with E-state index < -0.39 is 0 Å². The van der Waals surface area contributed by atoms with Crippen molar-refractivity contribution in [1.29, 1.82) is 0 Å². The molecule has 1 aromatic heterocycles. The first-order chi connectivity index (χ1) is 16.4. The van der Waals surface area contributed by atoms with Gasteiger partial charge in [0.05, 0.1) is 32.7 Å². The van der Waals surface area contributed by atoms with Crippen molar-refractivity contribution in [3.63, 3.8) is 0 Å². The molecule has 1 aliphatic rings. The van der Waals surface area contributed by atoms with Crippen molar-refractivity contribution >= 4 is 17.6 Å². The van der Waals surface area contributed by atoms with Crippen LogP contribution >= 0.6 is 0 Å².